The molecule has 26 heavy (non-hydrogen) atoms. The lowest BCUT2D eigenvalue weighted by atomic mass is 10.1. The number of benzene rings is 1. The molecule has 1 aromatic carbocycles. The molecular formula is C18H23N5O3. The fraction of sp³-hybridized carbons (Fsp3) is 0.389. The Bertz CT molecular complexity index is 730. The minimum atomic E-state index is -0.384. The number of alkyl carbamates (subject to hydrolysis) is 1. The monoisotopic (exact) mass is 357 g/mol. The van der Waals surface area contributed by atoms with Crippen molar-refractivity contribution in [1.82, 2.24) is 15.3 Å². The normalized spacial score (nSPS) is 14.6. The Morgan fingerprint density at radius 3 is 2.54 bits per heavy atom. The standard InChI is InChI=1S/C18H23N5O3/c1-25-15-5-3-13(4-6-15)20-16-7-10-19-17(22-16)23-11-8-14(9-12-23)21-18(24)26-2/h3-7,10,14H,8-9,11-12H2,1-2H3,(H,21,24)(H,19,20,22). The van der Waals surface area contributed by atoms with Gasteiger partial charge in [0.2, 0.25) is 5.95 Å². The third-order valence-electron chi connectivity index (χ3n) is 4.29. The molecule has 0 atom stereocenters. The lowest BCUT2D eigenvalue weighted by Crippen LogP contribution is -2.45. The average Bonchev–Trinajstić information content (AvgIpc) is 2.69. The van der Waals surface area contributed by atoms with Gasteiger partial charge in [0.15, 0.2) is 0 Å². The number of carbonyl (C=O) groups excluding carboxylic acids is 1. The van der Waals surface area contributed by atoms with Crippen LogP contribution >= 0.6 is 0 Å². The predicted molar refractivity (Wildman–Crippen MR) is 99.1 cm³/mol. The maximum Gasteiger partial charge on any atom is 0.407 e. The number of hydrogen-bond donors (Lipinski definition) is 2. The van der Waals surface area contributed by atoms with E-state index in [1.54, 1.807) is 13.3 Å². The van der Waals surface area contributed by atoms with E-state index in [4.69, 9.17) is 4.74 Å². The van der Waals surface area contributed by atoms with Crippen molar-refractivity contribution in [2.75, 3.05) is 37.5 Å². The summed E-state index contributed by atoms with van der Waals surface area (Å²) >= 11 is 0. The van der Waals surface area contributed by atoms with Crippen molar-refractivity contribution in [3.63, 3.8) is 0 Å². The molecule has 0 aliphatic carbocycles. The molecule has 138 valence electrons. The molecule has 0 bridgehead atoms. The maximum absolute atomic E-state index is 11.3. The van der Waals surface area contributed by atoms with Gasteiger partial charge in [-0.25, -0.2) is 9.78 Å². The Morgan fingerprint density at radius 2 is 1.88 bits per heavy atom. The molecule has 1 saturated heterocycles. The first-order chi connectivity index (χ1) is 12.7. The Hall–Kier alpha value is -3.03. The van der Waals surface area contributed by atoms with Crippen LogP contribution in [0.15, 0.2) is 36.5 Å². The second kappa shape index (κ2) is 8.37. The average molecular weight is 357 g/mol. The molecule has 1 aliphatic rings. The summed E-state index contributed by atoms with van der Waals surface area (Å²) in [5.74, 6) is 2.22. The highest BCUT2D eigenvalue weighted by Gasteiger charge is 2.22. The van der Waals surface area contributed by atoms with E-state index in [0.29, 0.717) is 5.95 Å². The van der Waals surface area contributed by atoms with Crippen molar-refractivity contribution < 1.29 is 14.3 Å². The molecule has 1 amide bonds. The molecule has 1 aliphatic heterocycles. The van der Waals surface area contributed by atoms with E-state index in [1.165, 1.54) is 7.11 Å². The lowest BCUT2D eigenvalue weighted by Gasteiger charge is -2.32. The molecule has 8 nitrogen and oxygen atoms in total. The van der Waals surface area contributed by atoms with Gasteiger partial charge in [-0.2, -0.15) is 4.98 Å². The molecule has 2 N–H and O–H groups in total. The predicted octanol–water partition coefficient (Wildman–Crippen LogP) is 2.55. The van der Waals surface area contributed by atoms with Crippen LogP contribution < -0.4 is 20.3 Å². The van der Waals surface area contributed by atoms with Crippen LogP contribution in [0.25, 0.3) is 0 Å². The Balaban J connectivity index is 1.60. The van der Waals surface area contributed by atoms with Crippen molar-refractivity contribution >= 4 is 23.5 Å². The Kier molecular flexibility index (Phi) is 5.73. The fourth-order valence-corrected chi connectivity index (χ4v) is 2.84. The van der Waals surface area contributed by atoms with E-state index in [9.17, 15) is 4.79 Å². The zero-order chi connectivity index (χ0) is 18.4. The van der Waals surface area contributed by atoms with Crippen molar-refractivity contribution in [2.24, 2.45) is 0 Å². The fourth-order valence-electron chi connectivity index (χ4n) is 2.84. The molecule has 1 aromatic heterocycles. The number of ether oxygens (including phenoxy) is 2. The summed E-state index contributed by atoms with van der Waals surface area (Å²) in [5, 5.41) is 6.11. The molecular weight excluding hydrogens is 334 g/mol. The van der Waals surface area contributed by atoms with Gasteiger partial charge in [0.25, 0.3) is 0 Å². The smallest absolute Gasteiger partial charge is 0.407 e. The summed E-state index contributed by atoms with van der Waals surface area (Å²) in [6.07, 6.45) is 3.02. The number of piperidine rings is 1. The number of nitrogens with one attached hydrogen (secondary N) is 2. The van der Waals surface area contributed by atoms with Crippen molar-refractivity contribution in [3.05, 3.63) is 36.5 Å². The summed E-state index contributed by atoms with van der Waals surface area (Å²) in [6.45, 7) is 1.56. The van der Waals surface area contributed by atoms with Crippen molar-refractivity contribution in [2.45, 2.75) is 18.9 Å². The third kappa shape index (κ3) is 4.53. The third-order valence-corrected chi connectivity index (χ3v) is 4.29. The van der Waals surface area contributed by atoms with Crippen molar-refractivity contribution in [1.29, 1.82) is 0 Å². The first kappa shape index (κ1) is 17.8. The van der Waals surface area contributed by atoms with E-state index < -0.39 is 0 Å². The van der Waals surface area contributed by atoms with Gasteiger partial charge in [-0.1, -0.05) is 0 Å². The topological polar surface area (TPSA) is 88.6 Å². The zero-order valence-corrected chi connectivity index (χ0v) is 14.9. The van der Waals surface area contributed by atoms with Gasteiger partial charge in [0.05, 0.1) is 14.2 Å². The van der Waals surface area contributed by atoms with Crippen LogP contribution in [0.3, 0.4) is 0 Å². The summed E-state index contributed by atoms with van der Waals surface area (Å²) < 4.78 is 9.81. The summed E-state index contributed by atoms with van der Waals surface area (Å²) in [7, 11) is 3.02. The van der Waals surface area contributed by atoms with Gasteiger partial charge in [-0.05, 0) is 43.2 Å². The number of anilines is 3. The van der Waals surface area contributed by atoms with E-state index in [-0.39, 0.29) is 12.1 Å². The van der Waals surface area contributed by atoms with Crippen LogP contribution in [-0.4, -0.2) is 49.4 Å². The lowest BCUT2D eigenvalue weighted by molar-refractivity contribution is 0.164. The summed E-state index contributed by atoms with van der Waals surface area (Å²) in [6, 6.07) is 9.61. The van der Waals surface area contributed by atoms with E-state index >= 15 is 0 Å². The number of hydrogen-bond acceptors (Lipinski definition) is 7. The highest BCUT2D eigenvalue weighted by Crippen LogP contribution is 2.21. The largest absolute Gasteiger partial charge is 0.497 e. The zero-order valence-electron chi connectivity index (χ0n) is 14.9. The minimum absolute atomic E-state index is 0.124. The van der Waals surface area contributed by atoms with Crippen LogP contribution in [0.2, 0.25) is 0 Å². The number of carbonyl (C=O) groups is 1. The van der Waals surface area contributed by atoms with E-state index in [1.807, 2.05) is 30.3 Å². The summed E-state index contributed by atoms with van der Waals surface area (Å²) in [5.41, 5.74) is 0.927. The number of amides is 1. The Labute approximate surface area is 152 Å². The second-order valence-corrected chi connectivity index (χ2v) is 5.99. The molecule has 1 fully saturated rings. The Morgan fingerprint density at radius 1 is 1.15 bits per heavy atom. The quantitative estimate of drug-likeness (QED) is 0.850. The van der Waals surface area contributed by atoms with Gasteiger partial charge in [0, 0.05) is 31.0 Å². The summed E-state index contributed by atoms with van der Waals surface area (Å²) in [4.78, 5) is 22.4. The SMILES string of the molecule is COC(=O)NC1CCN(c2nccc(Nc3ccc(OC)cc3)n2)CC1. The molecule has 0 saturated carbocycles. The highest BCUT2D eigenvalue weighted by atomic mass is 16.5. The van der Waals surface area contributed by atoms with E-state index in [2.05, 4.69) is 30.2 Å². The molecule has 0 radical (unpaired) electrons. The van der Waals surface area contributed by atoms with Gasteiger partial charge in [-0.3, -0.25) is 0 Å². The number of rotatable bonds is 5. The second-order valence-electron chi connectivity index (χ2n) is 5.99. The van der Waals surface area contributed by atoms with Gasteiger partial charge >= 0.3 is 6.09 Å². The first-order valence-electron chi connectivity index (χ1n) is 8.51. The van der Waals surface area contributed by atoms with E-state index in [0.717, 1.165) is 43.2 Å². The van der Waals surface area contributed by atoms with Crippen LogP contribution in [0.1, 0.15) is 12.8 Å². The number of nitrogens with zero attached hydrogens (tertiary/aromatic N) is 3. The maximum atomic E-state index is 11.3. The molecule has 3 rings (SSSR count). The number of methoxy groups -OCH3 is 2. The van der Waals surface area contributed by atoms with Gasteiger partial charge in [-0.15, -0.1) is 0 Å². The molecule has 0 spiro atoms. The van der Waals surface area contributed by atoms with Crippen LogP contribution in [0.4, 0.5) is 22.2 Å². The van der Waals surface area contributed by atoms with Crippen molar-refractivity contribution in [3.8, 4) is 5.75 Å². The molecule has 2 heterocycles. The highest BCUT2D eigenvalue weighted by molar-refractivity contribution is 5.67. The minimum Gasteiger partial charge on any atom is -0.497 e. The number of aromatic nitrogens is 2. The molecule has 2 aromatic rings. The van der Waals surface area contributed by atoms with Gasteiger partial charge in [0.1, 0.15) is 11.6 Å². The first-order valence-corrected chi connectivity index (χ1v) is 8.51. The van der Waals surface area contributed by atoms with Crippen LogP contribution in [0, 0.1) is 0 Å². The van der Waals surface area contributed by atoms with Gasteiger partial charge < -0.3 is 25.0 Å². The van der Waals surface area contributed by atoms with Crippen LogP contribution in [-0.2, 0) is 4.74 Å². The molecule has 8 heteroatoms. The van der Waals surface area contributed by atoms with Crippen LogP contribution in [0.5, 0.6) is 5.75 Å². The molecule has 0 unspecified atom stereocenters.